The number of carbonyl (C=O) groups is 1. The minimum absolute atomic E-state index is 0.0842. The Morgan fingerprint density at radius 1 is 1.32 bits per heavy atom. The van der Waals surface area contributed by atoms with Crippen LogP contribution in [0.5, 0.6) is 5.75 Å². The van der Waals surface area contributed by atoms with Gasteiger partial charge in [0.25, 0.3) is 10.7 Å². The number of alkyl halides is 2. The highest BCUT2D eigenvalue weighted by molar-refractivity contribution is 7.52. The molecule has 1 unspecified atom stereocenters. The summed E-state index contributed by atoms with van der Waals surface area (Å²) < 4.78 is 63.9. The molecule has 3 rings (SSSR count). The van der Waals surface area contributed by atoms with E-state index in [9.17, 15) is 28.4 Å². The molecule has 0 saturated carbocycles. The number of aliphatic hydroxyl groups excluding tert-OH is 1. The molecule has 3 N–H and O–H groups in total. The van der Waals surface area contributed by atoms with Crippen LogP contribution in [0.4, 0.5) is 8.78 Å². The lowest BCUT2D eigenvalue weighted by atomic mass is 10.1. The molecule has 16 heteroatoms. The second-order valence-corrected chi connectivity index (χ2v) is 10.6. The van der Waals surface area contributed by atoms with Crippen molar-refractivity contribution in [1.29, 1.82) is 0 Å². The minimum Gasteiger partial charge on any atom is -0.462 e. The molecule has 1 aliphatic rings. The molecule has 1 aromatic heterocycles. The van der Waals surface area contributed by atoms with Gasteiger partial charge in [-0.2, -0.15) is 9.48 Å². The van der Waals surface area contributed by atoms with Crippen LogP contribution in [0.25, 0.3) is 0 Å². The summed E-state index contributed by atoms with van der Waals surface area (Å²) in [5.41, 5.74) is -2.61. The predicted octanol–water partition coefficient (Wildman–Crippen LogP) is 1.97. The molecule has 37 heavy (non-hydrogen) atoms. The number of esters is 1. The summed E-state index contributed by atoms with van der Waals surface area (Å²) in [6.07, 6.45) is -6.02. The molecule has 1 aliphatic heterocycles. The van der Waals surface area contributed by atoms with Crippen LogP contribution in [-0.2, 0) is 23.4 Å². The van der Waals surface area contributed by atoms with Crippen LogP contribution in [0.2, 0.25) is 0 Å². The van der Waals surface area contributed by atoms with Crippen molar-refractivity contribution >= 4 is 25.3 Å². The molecular formula is C21H25ClF2N3O9P. The maximum absolute atomic E-state index is 15.2. The lowest BCUT2D eigenvalue weighted by Crippen LogP contribution is -2.42. The first-order valence-corrected chi connectivity index (χ1v) is 12.9. The van der Waals surface area contributed by atoms with Gasteiger partial charge in [-0.3, -0.25) is 23.7 Å². The zero-order chi connectivity index (χ0) is 27.5. The molecule has 0 spiro atoms. The van der Waals surface area contributed by atoms with E-state index in [1.165, 1.54) is 19.1 Å². The molecule has 1 aromatic carbocycles. The molecule has 1 saturated heterocycles. The van der Waals surface area contributed by atoms with Crippen LogP contribution in [-0.4, -0.2) is 56.7 Å². The van der Waals surface area contributed by atoms with Gasteiger partial charge in [0.1, 0.15) is 24.0 Å². The summed E-state index contributed by atoms with van der Waals surface area (Å²) in [7, 11) is -4.41. The van der Waals surface area contributed by atoms with E-state index in [1.807, 2.05) is 0 Å². The Labute approximate surface area is 214 Å². The summed E-state index contributed by atoms with van der Waals surface area (Å²) >= 11 is 5.78. The van der Waals surface area contributed by atoms with E-state index >= 15 is 4.39 Å². The van der Waals surface area contributed by atoms with Gasteiger partial charge < -0.3 is 19.1 Å². The first-order chi connectivity index (χ1) is 17.2. The Morgan fingerprint density at radius 2 is 1.97 bits per heavy atom. The average Bonchev–Trinajstić information content (AvgIpc) is 3.03. The highest BCUT2D eigenvalue weighted by atomic mass is 35.5. The number of aliphatic hydroxyl groups is 1. The second kappa shape index (κ2) is 11.4. The molecule has 6 atom stereocenters. The molecule has 204 valence electrons. The van der Waals surface area contributed by atoms with Gasteiger partial charge in [-0.15, -0.1) is 0 Å². The fourth-order valence-electron chi connectivity index (χ4n) is 3.25. The third-order valence-corrected chi connectivity index (χ3v) is 7.05. The molecular weight excluding hydrogens is 543 g/mol. The third kappa shape index (κ3) is 6.83. The van der Waals surface area contributed by atoms with Crippen molar-refractivity contribution in [2.75, 3.05) is 6.61 Å². The monoisotopic (exact) mass is 567 g/mol. The van der Waals surface area contributed by atoms with Crippen molar-refractivity contribution in [2.45, 2.75) is 56.5 Å². The minimum atomic E-state index is -4.41. The van der Waals surface area contributed by atoms with Crippen molar-refractivity contribution < 1.29 is 41.8 Å². The number of nitrogens with zero attached hydrogens (tertiary/aromatic N) is 1. The number of halogens is 3. The maximum Gasteiger partial charge on any atom is 0.459 e. The molecule has 0 radical (unpaired) electrons. The number of hydrogen-bond donors (Lipinski definition) is 3. The quantitative estimate of drug-likeness (QED) is 0.220. The number of benzene rings is 1. The molecule has 0 amide bonds. The van der Waals surface area contributed by atoms with E-state index in [2.05, 4.69) is 5.09 Å². The van der Waals surface area contributed by atoms with E-state index < -0.39 is 73.1 Å². The van der Waals surface area contributed by atoms with Crippen molar-refractivity contribution in [3.63, 3.8) is 0 Å². The van der Waals surface area contributed by atoms with E-state index in [4.69, 9.17) is 30.1 Å². The van der Waals surface area contributed by atoms with Crippen molar-refractivity contribution in [3.05, 3.63) is 63.2 Å². The number of carbonyl (C=O) groups excluding carboxylic acids is 1. The van der Waals surface area contributed by atoms with Crippen molar-refractivity contribution in [3.8, 4) is 5.75 Å². The highest BCUT2D eigenvalue weighted by Gasteiger charge is 2.58. The van der Waals surface area contributed by atoms with Crippen LogP contribution in [0.1, 0.15) is 27.0 Å². The second-order valence-electron chi connectivity index (χ2n) is 8.32. The van der Waals surface area contributed by atoms with Gasteiger partial charge in [-0.05, 0) is 32.9 Å². The van der Waals surface area contributed by atoms with E-state index in [1.54, 1.807) is 37.0 Å². The fourth-order valence-corrected chi connectivity index (χ4v) is 5.05. The van der Waals surface area contributed by atoms with Gasteiger partial charge in [0.05, 0.1) is 18.9 Å². The predicted molar refractivity (Wildman–Crippen MR) is 125 cm³/mol. The van der Waals surface area contributed by atoms with Crippen LogP contribution >= 0.6 is 19.3 Å². The molecule has 2 heterocycles. The zero-order valence-electron chi connectivity index (χ0n) is 19.8. The number of ether oxygens (including phenoxy) is 2. The zero-order valence-corrected chi connectivity index (χ0v) is 21.4. The Hall–Kier alpha value is -2.61. The van der Waals surface area contributed by atoms with Gasteiger partial charge >= 0.3 is 19.4 Å². The highest BCUT2D eigenvalue weighted by Crippen LogP contribution is 2.48. The first kappa shape index (κ1) is 29.0. The number of aromatic nitrogens is 2. The van der Waals surface area contributed by atoms with Crippen molar-refractivity contribution in [2.24, 2.45) is 0 Å². The average molecular weight is 568 g/mol. The fraction of sp³-hybridized carbons (Fsp3) is 0.476. The van der Waals surface area contributed by atoms with E-state index in [0.717, 1.165) is 0 Å². The Bertz CT molecular complexity index is 1270. The smallest absolute Gasteiger partial charge is 0.459 e. The van der Waals surface area contributed by atoms with Crippen molar-refractivity contribution in [1.82, 2.24) is 14.6 Å². The van der Waals surface area contributed by atoms with Gasteiger partial charge in [-0.1, -0.05) is 29.8 Å². The van der Waals surface area contributed by atoms with Gasteiger partial charge in [0, 0.05) is 0 Å². The van der Waals surface area contributed by atoms with Crippen LogP contribution in [0, 0.1) is 5.82 Å². The lowest BCUT2D eigenvalue weighted by molar-refractivity contribution is -0.149. The standard InChI is InChI=1S/C21H25ClF2N3O9P/c1-11(2)34-18(30)12(3)26-37(32,36-13-7-5-4-6-8-13)33-10-15-16(28)21(22,24)19(35-15)27-9-14(23)17(29)25-20(27)31/h4-9,11-12,15-16,19,28H,10H2,1-3H3,(H,26,32)(H,25,29,31)/t12-,15+,16+,19+,21-,37?/m0/s1. The third-order valence-electron chi connectivity index (χ3n) is 4.99. The topological polar surface area (TPSA) is 158 Å². The van der Waals surface area contributed by atoms with Crippen LogP contribution in [0.3, 0.4) is 0 Å². The summed E-state index contributed by atoms with van der Waals surface area (Å²) in [5, 5.41) is 9.62. The number of hydrogen-bond acceptors (Lipinski definition) is 9. The molecule has 12 nitrogen and oxygen atoms in total. The number of rotatable bonds is 10. The van der Waals surface area contributed by atoms with Crippen LogP contribution in [0.15, 0.2) is 46.1 Å². The number of aromatic amines is 1. The number of H-pyrrole nitrogens is 1. The summed E-state index contributed by atoms with van der Waals surface area (Å²) in [5.74, 6) is -2.12. The first-order valence-electron chi connectivity index (χ1n) is 10.9. The maximum atomic E-state index is 15.2. The lowest BCUT2D eigenvalue weighted by Gasteiger charge is -2.25. The Kier molecular flexibility index (Phi) is 8.93. The Morgan fingerprint density at radius 3 is 2.59 bits per heavy atom. The molecule has 1 fully saturated rings. The summed E-state index contributed by atoms with van der Waals surface area (Å²) in [6, 6.07) is 6.55. The normalized spacial score (nSPS) is 26.0. The van der Waals surface area contributed by atoms with E-state index in [0.29, 0.717) is 10.8 Å². The van der Waals surface area contributed by atoms with Crippen LogP contribution < -0.4 is 20.9 Å². The summed E-state index contributed by atoms with van der Waals surface area (Å²) in [6.45, 7) is 3.75. The molecule has 2 aromatic rings. The van der Waals surface area contributed by atoms with Gasteiger partial charge in [0.2, 0.25) is 5.82 Å². The summed E-state index contributed by atoms with van der Waals surface area (Å²) in [4.78, 5) is 37.2. The van der Waals surface area contributed by atoms with E-state index in [-0.39, 0.29) is 5.75 Å². The Balaban J connectivity index is 1.82. The molecule has 0 bridgehead atoms. The van der Waals surface area contributed by atoms with Gasteiger partial charge in [0.15, 0.2) is 6.23 Å². The van der Waals surface area contributed by atoms with Gasteiger partial charge in [-0.25, -0.2) is 13.8 Å². The SMILES string of the molecule is CC(C)OC(=O)[C@H](C)NP(=O)(OC[C@H]1O[C@@H](n2cc(F)c(=O)[nH]c2=O)[C@](F)(Cl)[C@@H]1O)Oc1ccccc1. The number of nitrogens with one attached hydrogen (secondary N) is 2. The number of para-hydroxylation sites is 1. The largest absolute Gasteiger partial charge is 0.462 e. The molecule has 0 aliphatic carbocycles.